The van der Waals surface area contributed by atoms with E-state index in [1.54, 1.807) is 0 Å². The van der Waals surface area contributed by atoms with Gasteiger partial charge in [-0.05, 0) is 72.8 Å². The lowest BCUT2D eigenvalue weighted by molar-refractivity contribution is -0.134. The molecule has 0 spiro atoms. The standard InChI is InChI=1S/C35H52O2/c1-3-5-7-9-10-11-12-13-15-29-17-19-30(20-18-29)31-21-23-32(24-22-31)33-25-27-34(28-26-33)37-35(36)16-14-8-6-4-2/h21-30H,3-20H2,1-2H3. The van der Waals surface area contributed by atoms with Gasteiger partial charge in [-0.3, -0.25) is 4.79 Å². The molecule has 0 aliphatic heterocycles. The zero-order valence-electron chi connectivity index (χ0n) is 23.8. The minimum absolute atomic E-state index is 0.124. The molecule has 2 nitrogen and oxygen atoms in total. The van der Waals surface area contributed by atoms with Gasteiger partial charge in [0.05, 0.1) is 0 Å². The van der Waals surface area contributed by atoms with E-state index >= 15 is 0 Å². The number of hydrogen-bond acceptors (Lipinski definition) is 2. The van der Waals surface area contributed by atoms with Crippen LogP contribution in [0.3, 0.4) is 0 Å². The average Bonchev–Trinajstić information content (AvgIpc) is 2.93. The number of ether oxygens (including phenoxy) is 1. The Balaban J connectivity index is 1.35. The second kappa shape index (κ2) is 17.4. The third-order valence-corrected chi connectivity index (χ3v) is 8.35. The molecule has 2 aromatic rings. The van der Waals surface area contributed by atoms with Crippen LogP contribution in [0.25, 0.3) is 11.1 Å². The van der Waals surface area contributed by atoms with Crippen LogP contribution < -0.4 is 4.74 Å². The van der Waals surface area contributed by atoms with Gasteiger partial charge in [-0.25, -0.2) is 0 Å². The van der Waals surface area contributed by atoms with E-state index < -0.39 is 0 Å². The van der Waals surface area contributed by atoms with E-state index in [1.807, 2.05) is 12.1 Å². The maximum atomic E-state index is 12.0. The van der Waals surface area contributed by atoms with E-state index in [1.165, 1.54) is 113 Å². The highest BCUT2D eigenvalue weighted by molar-refractivity contribution is 5.73. The van der Waals surface area contributed by atoms with Crippen LogP contribution >= 0.6 is 0 Å². The Morgan fingerprint density at radius 1 is 0.649 bits per heavy atom. The van der Waals surface area contributed by atoms with E-state index in [9.17, 15) is 4.79 Å². The molecule has 0 saturated heterocycles. The van der Waals surface area contributed by atoms with Gasteiger partial charge < -0.3 is 4.74 Å². The summed E-state index contributed by atoms with van der Waals surface area (Å²) in [4.78, 5) is 12.0. The molecule has 0 aromatic heterocycles. The van der Waals surface area contributed by atoms with Gasteiger partial charge >= 0.3 is 5.97 Å². The van der Waals surface area contributed by atoms with Crippen LogP contribution in [0.5, 0.6) is 5.75 Å². The molecule has 0 unspecified atom stereocenters. The topological polar surface area (TPSA) is 26.3 Å². The summed E-state index contributed by atoms with van der Waals surface area (Å²) in [5.74, 6) is 2.20. The third kappa shape index (κ3) is 11.0. The Hall–Kier alpha value is -2.09. The lowest BCUT2D eigenvalue weighted by Gasteiger charge is -2.29. The summed E-state index contributed by atoms with van der Waals surface area (Å²) in [5.41, 5.74) is 3.90. The summed E-state index contributed by atoms with van der Waals surface area (Å²) in [7, 11) is 0. The smallest absolute Gasteiger partial charge is 0.311 e. The van der Waals surface area contributed by atoms with Gasteiger partial charge in [0.1, 0.15) is 5.75 Å². The van der Waals surface area contributed by atoms with Crippen molar-refractivity contribution in [3.8, 4) is 16.9 Å². The first-order valence-electron chi connectivity index (χ1n) is 15.6. The Bertz CT molecular complexity index is 859. The predicted molar refractivity (Wildman–Crippen MR) is 158 cm³/mol. The fourth-order valence-electron chi connectivity index (χ4n) is 5.89. The number of hydrogen-bond donors (Lipinski definition) is 0. The number of rotatable bonds is 17. The summed E-state index contributed by atoms with van der Waals surface area (Å²) in [5, 5.41) is 0. The molecule has 1 aliphatic carbocycles. The number of carbonyl (C=O) groups excluding carboxylic acids is 1. The molecule has 0 heterocycles. The first kappa shape index (κ1) is 29.5. The first-order valence-corrected chi connectivity index (χ1v) is 15.6. The number of carbonyl (C=O) groups is 1. The molecule has 0 atom stereocenters. The highest BCUT2D eigenvalue weighted by atomic mass is 16.5. The van der Waals surface area contributed by atoms with Crippen LogP contribution in [0.1, 0.15) is 141 Å². The SMILES string of the molecule is CCCCCCCCCCC1CCC(c2ccc(-c3ccc(OC(=O)CCCCCC)cc3)cc2)CC1. The number of esters is 1. The molecule has 0 N–H and O–H groups in total. The van der Waals surface area contributed by atoms with Crippen molar-refractivity contribution in [2.24, 2.45) is 5.92 Å². The van der Waals surface area contributed by atoms with Crippen molar-refractivity contribution < 1.29 is 9.53 Å². The van der Waals surface area contributed by atoms with Crippen molar-refractivity contribution in [1.82, 2.24) is 0 Å². The molecule has 37 heavy (non-hydrogen) atoms. The van der Waals surface area contributed by atoms with Crippen molar-refractivity contribution in [3.63, 3.8) is 0 Å². The molecule has 0 radical (unpaired) electrons. The van der Waals surface area contributed by atoms with Crippen LogP contribution in [0.2, 0.25) is 0 Å². The number of unbranched alkanes of at least 4 members (excludes halogenated alkanes) is 10. The Labute approximate surface area is 227 Å². The summed E-state index contributed by atoms with van der Waals surface area (Å²) < 4.78 is 5.51. The van der Waals surface area contributed by atoms with Crippen LogP contribution in [0.15, 0.2) is 48.5 Å². The molecular weight excluding hydrogens is 452 g/mol. The Kier molecular flexibility index (Phi) is 13.9. The minimum atomic E-state index is -0.124. The lowest BCUT2D eigenvalue weighted by Crippen LogP contribution is -2.13. The van der Waals surface area contributed by atoms with Crippen molar-refractivity contribution in [2.45, 2.75) is 135 Å². The molecule has 1 aliphatic rings. The molecule has 0 bridgehead atoms. The fourth-order valence-corrected chi connectivity index (χ4v) is 5.89. The molecule has 0 amide bonds. The second-order valence-electron chi connectivity index (χ2n) is 11.4. The second-order valence-corrected chi connectivity index (χ2v) is 11.4. The van der Waals surface area contributed by atoms with Crippen molar-refractivity contribution in [3.05, 3.63) is 54.1 Å². The molecule has 1 saturated carbocycles. The largest absolute Gasteiger partial charge is 0.427 e. The van der Waals surface area contributed by atoms with E-state index in [2.05, 4.69) is 50.2 Å². The van der Waals surface area contributed by atoms with Gasteiger partial charge in [0.15, 0.2) is 0 Å². The Morgan fingerprint density at radius 2 is 1.16 bits per heavy atom. The predicted octanol–water partition coefficient (Wildman–Crippen LogP) is 11.0. The van der Waals surface area contributed by atoms with E-state index in [4.69, 9.17) is 4.74 Å². The van der Waals surface area contributed by atoms with Crippen LogP contribution in [-0.2, 0) is 4.79 Å². The molecular formula is C35H52O2. The zero-order chi connectivity index (χ0) is 26.1. The summed E-state index contributed by atoms with van der Waals surface area (Å²) in [6.07, 6.45) is 23.2. The van der Waals surface area contributed by atoms with Gasteiger partial charge in [0.25, 0.3) is 0 Å². The van der Waals surface area contributed by atoms with E-state index in [0.717, 1.165) is 24.7 Å². The van der Waals surface area contributed by atoms with Crippen molar-refractivity contribution >= 4 is 5.97 Å². The van der Waals surface area contributed by atoms with E-state index in [-0.39, 0.29) is 5.97 Å². The average molecular weight is 505 g/mol. The van der Waals surface area contributed by atoms with Crippen molar-refractivity contribution in [2.75, 3.05) is 0 Å². The van der Waals surface area contributed by atoms with Gasteiger partial charge in [0, 0.05) is 6.42 Å². The highest BCUT2D eigenvalue weighted by Crippen LogP contribution is 2.38. The van der Waals surface area contributed by atoms with E-state index in [0.29, 0.717) is 12.2 Å². The van der Waals surface area contributed by atoms with Crippen LogP contribution in [0.4, 0.5) is 0 Å². The maximum Gasteiger partial charge on any atom is 0.311 e. The Morgan fingerprint density at radius 3 is 1.76 bits per heavy atom. The van der Waals surface area contributed by atoms with Crippen LogP contribution in [0, 0.1) is 5.92 Å². The van der Waals surface area contributed by atoms with Gasteiger partial charge in [-0.15, -0.1) is 0 Å². The summed E-state index contributed by atoms with van der Waals surface area (Å²) in [6, 6.07) is 17.2. The molecule has 3 rings (SSSR count). The normalized spacial score (nSPS) is 17.6. The quantitative estimate of drug-likeness (QED) is 0.122. The maximum absolute atomic E-state index is 12.0. The van der Waals surface area contributed by atoms with Gasteiger partial charge in [-0.2, -0.15) is 0 Å². The molecule has 1 fully saturated rings. The molecule has 2 aromatic carbocycles. The van der Waals surface area contributed by atoms with Crippen molar-refractivity contribution in [1.29, 1.82) is 0 Å². The zero-order valence-corrected chi connectivity index (χ0v) is 23.8. The monoisotopic (exact) mass is 504 g/mol. The molecule has 2 heteroatoms. The number of benzene rings is 2. The first-order chi connectivity index (χ1) is 18.2. The fraction of sp³-hybridized carbons (Fsp3) is 0.629. The minimum Gasteiger partial charge on any atom is -0.427 e. The third-order valence-electron chi connectivity index (χ3n) is 8.35. The lowest BCUT2D eigenvalue weighted by atomic mass is 9.77. The summed E-state index contributed by atoms with van der Waals surface area (Å²) >= 11 is 0. The molecule has 204 valence electrons. The van der Waals surface area contributed by atoms with Crippen LogP contribution in [-0.4, -0.2) is 5.97 Å². The highest BCUT2D eigenvalue weighted by Gasteiger charge is 2.22. The summed E-state index contributed by atoms with van der Waals surface area (Å²) in [6.45, 7) is 4.47. The van der Waals surface area contributed by atoms with Gasteiger partial charge in [-0.1, -0.05) is 127 Å². The van der Waals surface area contributed by atoms with Gasteiger partial charge in [0.2, 0.25) is 0 Å².